The van der Waals surface area contributed by atoms with Crippen LogP contribution in [0.25, 0.3) is 0 Å². The molecule has 3 heteroatoms. The van der Waals surface area contributed by atoms with Crippen LogP contribution in [0.2, 0.25) is 5.02 Å². The van der Waals surface area contributed by atoms with Crippen molar-refractivity contribution in [1.82, 2.24) is 5.32 Å². The molecule has 2 aromatic rings. The second-order valence-corrected chi connectivity index (χ2v) is 4.86. The predicted molar refractivity (Wildman–Crippen MR) is 79.2 cm³/mol. The zero-order valence-electron chi connectivity index (χ0n) is 11.0. The molecule has 0 aliphatic heterocycles. The van der Waals surface area contributed by atoms with Crippen LogP contribution >= 0.6 is 11.6 Å². The van der Waals surface area contributed by atoms with Gasteiger partial charge in [0.15, 0.2) is 0 Å². The van der Waals surface area contributed by atoms with Gasteiger partial charge in [-0.15, -0.1) is 0 Å². The molecule has 0 aliphatic carbocycles. The monoisotopic (exact) mass is 275 g/mol. The Labute approximate surface area is 119 Å². The highest BCUT2D eigenvalue weighted by Crippen LogP contribution is 2.14. The minimum atomic E-state index is 0.578. The Morgan fingerprint density at radius 1 is 1.00 bits per heavy atom. The van der Waals surface area contributed by atoms with Crippen molar-refractivity contribution in [2.75, 3.05) is 7.05 Å². The van der Waals surface area contributed by atoms with Crippen LogP contribution in [-0.4, -0.2) is 7.05 Å². The Morgan fingerprint density at radius 3 is 2.53 bits per heavy atom. The molecule has 19 heavy (non-hydrogen) atoms. The van der Waals surface area contributed by atoms with E-state index in [1.807, 2.05) is 43.4 Å². The summed E-state index contributed by atoms with van der Waals surface area (Å²) in [5.41, 5.74) is 3.59. The first kappa shape index (κ1) is 14.1. The predicted octanol–water partition coefficient (Wildman–Crippen LogP) is 3.78. The van der Waals surface area contributed by atoms with Gasteiger partial charge in [-0.1, -0.05) is 48.0 Å². The summed E-state index contributed by atoms with van der Waals surface area (Å²) < 4.78 is 5.76. The number of rotatable bonds is 6. The first-order chi connectivity index (χ1) is 9.29. The smallest absolute Gasteiger partial charge is 0.0724 e. The standard InChI is InChI=1S/C16H18ClNO/c1-18-10-14-6-2-3-7-15(14)12-19-11-13-5-4-8-16(17)9-13/h2-9,18H,10-12H2,1H3. The lowest BCUT2D eigenvalue weighted by Gasteiger charge is -2.10. The molecule has 0 aliphatic rings. The molecular formula is C16H18ClNO. The number of benzene rings is 2. The Kier molecular flexibility index (Phi) is 5.40. The molecule has 0 saturated carbocycles. The summed E-state index contributed by atoms with van der Waals surface area (Å²) in [5.74, 6) is 0. The molecule has 0 fully saturated rings. The summed E-state index contributed by atoms with van der Waals surface area (Å²) in [6.07, 6.45) is 0. The van der Waals surface area contributed by atoms with Crippen LogP contribution in [0.3, 0.4) is 0 Å². The van der Waals surface area contributed by atoms with Gasteiger partial charge in [0.05, 0.1) is 13.2 Å². The van der Waals surface area contributed by atoms with Crippen LogP contribution in [0.15, 0.2) is 48.5 Å². The number of nitrogens with one attached hydrogen (secondary N) is 1. The van der Waals surface area contributed by atoms with Crippen molar-refractivity contribution in [3.05, 3.63) is 70.2 Å². The van der Waals surface area contributed by atoms with Crippen molar-refractivity contribution in [1.29, 1.82) is 0 Å². The summed E-state index contributed by atoms with van der Waals surface area (Å²) in [7, 11) is 1.95. The van der Waals surface area contributed by atoms with E-state index >= 15 is 0 Å². The van der Waals surface area contributed by atoms with Gasteiger partial charge in [0.1, 0.15) is 0 Å². The zero-order chi connectivity index (χ0) is 13.5. The van der Waals surface area contributed by atoms with Gasteiger partial charge in [0, 0.05) is 11.6 Å². The largest absolute Gasteiger partial charge is 0.372 e. The summed E-state index contributed by atoms with van der Waals surface area (Å²) in [5, 5.41) is 3.91. The van der Waals surface area contributed by atoms with Gasteiger partial charge in [-0.05, 0) is 35.9 Å². The summed E-state index contributed by atoms with van der Waals surface area (Å²) in [6, 6.07) is 16.1. The van der Waals surface area contributed by atoms with Crippen LogP contribution < -0.4 is 5.32 Å². The van der Waals surface area contributed by atoms with Gasteiger partial charge in [0.25, 0.3) is 0 Å². The Morgan fingerprint density at radius 2 is 1.79 bits per heavy atom. The molecule has 2 aromatic carbocycles. The van der Waals surface area contributed by atoms with Gasteiger partial charge in [-0.3, -0.25) is 0 Å². The summed E-state index contributed by atoms with van der Waals surface area (Å²) in [4.78, 5) is 0. The lowest BCUT2D eigenvalue weighted by Crippen LogP contribution is -2.08. The van der Waals surface area contributed by atoms with Crippen LogP contribution in [0.5, 0.6) is 0 Å². The Bertz CT molecular complexity index is 528. The van der Waals surface area contributed by atoms with Crippen molar-refractivity contribution in [2.24, 2.45) is 0 Å². The molecular weight excluding hydrogens is 258 g/mol. The highest BCUT2D eigenvalue weighted by atomic mass is 35.5. The van der Waals surface area contributed by atoms with Gasteiger partial charge >= 0.3 is 0 Å². The number of ether oxygens (including phenoxy) is 1. The zero-order valence-corrected chi connectivity index (χ0v) is 11.8. The molecule has 0 radical (unpaired) electrons. The van der Waals surface area contributed by atoms with E-state index in [2.05, 4.69) is 17.4 Å². The lowest BCUT2D eigenvalue weighted by molar-refractivity contribution is 0.106. The average Bonchev–Trinajstić information content (AvgIpc) is 2.41. The molecule has 0 bridgehead atoms. The molecule has 1 N–H and O–H groups in total. The van der Waals surface area contributed by atoms with E-state index in [1.54, 1.807) is 0 Å². The fourth-order valence-corrected chi connectivity index (χ4v) is 2.18. The third-order valence-corrected chi connectivity index (χ3v) is 3.14. The van der Waals surface area contributed by atoms with Gasteiger partial charge in [-0.25, -0.2) is 0 Å². The van der Waals surface area contributed by atoms with E-state index in [9.17, 15) is 0 Å². The van der Waals surface area contributed by atoms with E-state index in [-0.39, 0.29) is 0 Å². The minimum absolute atomic E-state index is 0.578. The maximum atomic E-state index is 5.94. The first-order valence-electron chi connectivity index (χ1n) is 6.33. The number of hydrogen-bond acceptors (Lipinski definition) is 2. The molecule has 0 spiro atoms. The van der Waals surface area contributed by atoms with Gasteiger partial charge in [0.2, 0.25) is 0 Å². The minimum Gasteiger partial charge on any atom is -0.372 e. The lowest BCUT2D eigenvalue weighted by atomic mass is 10.1. The maximum absolute atomic E-state index is 5.94. The van der Waals surface area contributed by atoms with Crippen molar-refractivity contribution in [2.45, 2.75) is 19.8 Å². The number of halogens is 1. The second-order valence-electron chi connectivity index (χ2n) is 4.42. The van der Waals surface area contributed by atoms with Crippen LogP contribution in [0.1, 0.15) is 16.7 Å². The van der Waals surface area contributed by atoms with E-state index in [4.69, 9.17) is 16.3 Å². The van der Waals surface area contributed by atoms with Crippen molar-refractivity contribution >= 4 is 11.6 Å². The maximum Gasteiger partial charge on any atom is 0.0724 e. The summed E-state index contributed by atoms with van der Waals surface area (Å²) >= 11 is 5.94. The van der Waals surface area contributed by atoms with E-state index in [0.717, 1.165) is 17.1 Å². The fraction of sp³-hybridized carbons (Fsp3) is 0.250. The van der Waals surface area contributed by atoms with Crippen molar-refractivity contribution in [3.8, 4) is 0 Å². The Balaban J connectivity index is 1.92. The van der Waals surface area contributed by atoms with Gasteiger partial charge < -0.3 is 10.1 Å². The SMILES string of the molecule is CNCc1ccccc1COCc1cccc(Cl)c1. The van der Waals surface area contributed by atoms with E-state index in [1.165, 1.54) is 11.1 Å². The molecule has 0 saturated heterocycles. The van der Waals surface area contributed by atoms with E-state index < -0.39 is 0 Å². The molecule has 2 rings (SSSR count). The second kappa shape index (κ2) is 7.29. The highest BCUT2D eigenvalue weighted by Gasteiger charge is 2.01. The van der Waals surface area contributed by atoms with Crippen LogP contribution in [-0.2, 0) is 24.5 Å². The summed E-state index contributed by atoms with van der Waals surface area (Å²) in [6.45, 7) is 2.05. The Hall–Kier alpha value is -1.35. The molecule has 0 unspecified atom stereocenters. The third-order valence-electron chi connectivity index (χ3n) is 2.90. The molecule has 0 atom stereocenters. The fourth-order valence-electron chi connectivity index (χ4n) is 1.97. The molecule has 0 aromatic heterocycles. The molecule has 0 amide bonds. The molecule has 0 heterocycles. The average molecular weight is 276 g/mol. The normalized spacial score (nSPS) is 10.6. The molecule has 2 nitrogen and oxygen atoms in total. The van der Waals surface area contributed by atoms with E-state index in [0.29, 0.717) is 13.2 Å². The van der Waals surface area contributed by atoms with Crippen molar-refractivity contribution in [3.63, 3.8) is 0 Å². The quantitative estimate of drug-likeness (QED) is 0.866. The van der Waals surface area contributed by atoms with Crippen molar-refractivity contribution < 1.29 is 4.74 Å². The van der Waals surface area contributed by atoms with Crippen LogP contribution in [0.4, 0.5) is 0 Å². The molecule has 100 valence electrons. The van der Waals surface area contributed by atoms with Crippen LogP contribution in [0, 0.1) is 0 Å². The third kappa shape index (κ3) is 4.35. The number of hydrogen-bond donors (Lipinski definition) is 1. The first-order valence-corrected chi connectivity index (χ1v) is 6.71. The topological polar surface area (TPSA) is 21.3 Å². The van der Waals surface area contributed by atoms with Gasteiger partial charge in [-0.2, -0.15) is 0 Å². The highest BCUT2D eigenvalue weighted by molar-refractivity contribution is 6.30.